The Labute approximate surface area is 174 Å². The Balaban J connectivity index is 1.45. The Kier molecular flexibility index (Phi) is 5.52. The zero-order valence-electron chi connectivity index (χ0n) is 17.1. The van der Waals surface area contributed by atoms with Gasteiger partial charge >= 0.3 is 0 Å². The number of rotatable bonds is 4. The smallest absolute Gasteiger partial charge is 0.246 e. The summed E-state index contributed by atoms with van der Waals surface area (Å²) in [6.07, 6.45) is 5.39. The fraction of sp³-hybridized carbons (Fsp3) is 0.261. The molecule has 0 bridgehead atoms. The fourth-order valence-corrected chi connectivity index (χ4v) is 3.45. The summed E-state index contributed by atoms with van der Waals surface area (Å²) in [4.78, 5) is 30.2. The summed E-state index contributed by atoms with van der Waals surface area (Å²) in [7, 11) is 1.75. The van der Waals surface area contributed by atoms with Crippen LogP contribution in [0, 0.1) is 6.92 Å². The molecule has 0 spiro atoms. The third kappa shape index (κ3) is 4.20. The summed E-state index contributed by atoms with van der Waals surface area (Å²) in [5.41, 5.74) is 3.57. The van der Waals surface area contributed by atoms with Gasteiger partial charge < -0.3 is 20.0 Å². The van der Waals surface area contributed by atoms with Gasteiger partial charge in [-0.2, -0.15) is 0 Å². The van der Waals surface area contributed by atoms with E-state index < -0.39 is 0 Å². The normalized spacial score (nSPS) is 14.0. The van der Waals surface area contributed by atoms with Gasteiger partial charge in [-0.1, -0.05) is 18.2 Å². The van der Waals surface area contributed by atoms with E-state index in [1.165, 1.54) is 6.08 Å². The van der Waals surface area contributed by atoms with Crippen LogP contribution in [0.2, 0.25) is 0 Å². The maximum atomic E-state index is 12.6. The van der Waals surface area contributed by atoms with E-state index in [2.05, 4.69) is 15.6 Å². The molecule has 154 valence electrons. The van der Waals surface area contributed by atoms with Gasteiger partial charge in [-0.3, -0.25) is 9.59 Å². The Morgan fingerprint density at radius 2 is 2.13 bits per heavy atom. The number of aryl methyl sites for hydroxylation is 1. The number of fused-ring (bicyclic) bond motifs is 2. The van der Waals surface area contributed by atoms with Gasteiger partial charge in [-0.05, 0) is 30.7 Å². The maximum Gasteiger partial charge on any atom is 0.246 e. The second-order valence-corrected chi connectivity index (χ2v) is 7.40. The summed E-state index contributed by atoms with van der Waals surface area (Å²) in [6, 6.07) is 9.78. The van der Waals surface area contributed by atoms with Crippen LogP contribution in [0.3, 0.4) is 0 Å². The number of carbonyl (C=O) groups is 2. The first-order valence-electron chi connectivity index (χ1n) is 9.91. The van der Waals surface area contributed by atoms with E-state index in [0.29, 0.717) is 26.1 Å². The fourth-order valence-electron chi connectivity index (χ4n) is 3.45. The number of aromatic nitrogens is 1. The number of para-hydroxylation sites is 1. The molecule has 0 fully saturated rings. The maximum absolute atomic E-state index is 12.6. The summed E-state index contributed by atoms with van der Waals surface area (Å²) in [5.74, 6) is 1.42. The Bertz CT molecular complexity index is 1130. The number of nitrogens with zero attached hydrogens (tertiary/aromatic N) is 2. The molecule has 7 nitrogen and oxygen atoms in total. The van der Waals surface area contributed by atoms with E-state index in [4.69, 9.17) is 4.42 Å². The van der Waals surface area contributed by atoms with Gasteiger partial charge in [0.05, 0.1) is 6.54 Å². The number of benzene rings is 1. The first-order chi connectivity index (χ1) is 14.5. The molecular weight excluding hydrogens is 380 g/mol. The van der Waals surface area contributed by atoms with Crippen molar-refractivity contribution >= 4 is 34.7 Å². The molecule has 0 unspecified atom stereocenters. The molecule has 30 heavy (non-hydrogen) atoms. The van der Waals surface area contributed by atoms with Crippen LogP contribution in [0.4, 0.5) is 5.82 Å². The molecule has 2 N–H and O–H groups in total. The highest BCUT2D eigenvalue weighted by molar-refractivity contribution is 5.91. The third-order valence-electron chi connectivity index (χ3n) is 5.23. The monoisotopic (exact) mass is 404 g/mol. The number of pyridine rings is 1. The number of likely N-dealkylation sites (N-methyl/N-ethyl adjacent to an activating group) is 1. The van der Waals surface area contributed by atoms with E-state index in [9.17, 15) is 9.59 Å². The molecule has 1 aliphatic heterocycles. The highest BCUT2D eigenvalue weighted by atomic mass is 16.3. The number of carbonyl (C=O) groups excluding carboxylic acids is 2. The van der Waals surface area contributed by atoms with Crippen molar-refractivity contribution in [3.8, 4) is 0 Å². The van der Waals surface area contributed by atoms with Gasteiger partial charge in [-0.25, -0.2) is 4.98 Å². The molecule has 2 aromatic heterocycles. The minimum absolute atomic E-state index is 0.00628. The minimum Gasteiger partial charge on any atom is -0.459 e. The Morgan fingerprint density at radius 3 is 2.97 bits per heavy atom. The van der Waals surface area contributed by atoms with Crippen molar-refractivity contribution in [3.05, 3.63) is 65.1 Å². The SMILES string of the molecule is Cc1c(CN(C)C(=O)C=Cc2cnc3c(c2)CNC(=O)CCN3)oc2ccccc12. The molecule has 0 radical (unpaired) electrons. The lowest BCUT2D eigenvalue weighted by Gasteiger charge is -2.16. The quantitative estimate of drug-likeness (QED) is 0.652. The molecule has 7 heteroatoms. The van der Waals surface area contributed by atoms with Crippen LogP contribution in [0.25, 0.3) is 17.0 Å². The molecule has 2 amide bonds. The molecule has 0 aliphatic carbocycles. The lowest BCUT2D eigenvalue weighted by molar-refractivity contribution is -0.125. The van der Waals surface area contributed by atoms with Crippen molar-refractivity contribution in [1.29, 1.82) is 0 Å². The van der Waals surface area contributed by atoms with Crippen molar-refractivity contribution in [2.75, 3.05) is 18.9 Å². The number of nitrogens with one attached hydrogen (secondary N) is 2. The largest absolute Gasteiger partial charge is 0.459 e. The van der Waals surface area contributed by atoms with Gasteiger partial charge in [0.25, 0.3) is 0 Å². The van der Waals surface area contributed by atoms with Gasteiger partial charge in [0.15, 0.2) is 0 Å². The van der Waals surface area contributed by atoms with Crippen LogP contribution in [-0.4, -0.2) is 35.3 Å². The van der Waals surface area contributed by atoms with Crippen LogP contribution in [-0.2, 0) is 22.7 Å². The summed E-state index contributed by atoms with van der Waals surface area (Å²) in [6.45, 7) is 3.36. The molecule has 1 aromatic carbocycles. The van der Waals surface area contributed by atoms with Crippen LogP contribution >= 0.6 is 0 Å². The highest BCUT2D eigenvalue weighted by Crippen LogP contribution is 2.25. The Morgan fingerprint density at radius 1 is 1.30 bits per heavy atom. The molecule has 3 aromatic rings. The summed E-state index contributed by atoms with van der Waals surface area (Å²) >= 11 is 0. The van der Waals surface area contributed by atoms with Crippen LogP contribution in [0.1, 0.15) is 28.9 Å². The van der Waals surface area contributed by atoms with E-state index in [1.807, 2.05) is 37.3 Å². The molecular formula is C23H24N4O3. The predicted octanol–water partition coefficient (Wildman–Crippen LogP) is 3.24. The zero-order valence-corrected chi connectivity index (χ0v) is 17.1. The number of hydrogen-bond acceptors (Lipinski definition) is 5. The van der Waals surface area contributed by atoms with E-state index in [-0.39, 0.29) is 11.8 Å². The van der Waals surface area contributed by atoms with Crippen molar-refractivity contribution in [1.82, 2.24) is 15.2 Å². The second-order valence-electron chi connectivity index (χ2n) is 7.40. The minimum atomic E-state index is -0.131. The lowest BCUT2D eigenvalue weighted by atomic mass is 10.1. The van der Waals surface area contributed by atoms with Gasteiger partial charge in [-0.15, -0.1) is 0 Å². The summed E-state index contributed by atoms with van der Waals surface area (Å²) < 4.78 is 5.91. The van der Waals surface area contributed by atoms with E-state index in [0.717, 1.165) is 39.2 Å². The average Bonchev–Trinajstić information content (AvgIpc) is 3.05. The standard InChI is InChI=1S/C23H24N4O3/c1-15-18-5-3-4-6-19(18)30-20(15)14-27(2)22(29)8-7-16-11-17-13-25-21(28)9-10-24-23(17)26-12-16/h3-8,11-12H,9-10,13-14H2,1-2H3,(H,24,26)(H,25,28). The first kappa shape index (κ1) is 19.7. The summed E-state index contributed by atoms with van der Waals surface area (Å²) in [5, 5.41) is 7.10. The number of anilines is 1. The van der Waals surface area contributed by atoms with Crippen LogP contribution in [0.5, 0.6) is 0 Å². The molecule has 0 atom stereocenters. The van der Waals surface area contributed by atoms with Crippen molar-refractivity contribution in [3.63, 3.8) is 0 Å². The Hall–Kier alpha value is -3.61. The molecule has 0 saturated heterocycles. The molecule has 1 aliphatic rings. The van der Waals surface area contributed by atoms with Gasteiger partial charge in [0.2, 0.25) is 11.8 Å². The topological polar surface area (TPSA) is 87.5 Å². The third-order valence-corrected chi connectivity index (χ3v) is 5.23. The zero-order chi connectivity index (χ0) is 21.1. The van der Waals surface area contributed by atoms with Gasteiger partial charge in [0, 0.05) is 55.3 Å². The van der Waals surface area contributed by atoms with Crippen molar-refractivity contribution in [2.45, 2.75) is 26.4 Å². The molecule has 3 heterocycles. The number of amides is 2. The average molecular weight is 404 g/mol. The van der Waals surface area contributed by atoms with E-state index in [1.54, 1.807) is 24.2 Å². The molecule has 4 rings (SSSR count). The predicted molar refractivity (Wildman–Crippen MR) is 116 cm³/mol. The molecule has 0 saturated carbocycles. The van der Waals surface area contributed by atoms with Crippen molar-refractivity contribution in [2.24, 2.45) is 0 Å². The van der Waals surface area contributed by atoms with Crippen molar-refractivity contribution < 1.29 is 14.0 Å². The lowest BCUT2D eigenvalue weighted by Crippen LogP contribution is -2.28. The first-order valence-corrected chi connectivity index (χ1v) is 9.91. The second kappa shape index (κ2) is 8.41. The highest BCUT2D eigenvalue weighted by Gasteiger charge is 2.15. The number of hydrogen-bond donors (Lipinski definition) is 2. The number of furan rings is 1. The van der Waals surface area contributed by atoms with Gasteiger partial charge in [0.1, 0.15) is 17.2 Å². The van der Waals surface area contributed by atoms with Crippen LogP contribution < -0.4 is 10.6 Å². The van der Waals surface area contributed by atoms with E-state index >= 15 is 0 Å². The van der Waals surface area contributed by atoms with Crippen LogP contribution in [0.15, 0.2) is 47.0 Å².